The van der Waals surface area contributed by atoms with Gasteiger partial charge in [0.2, 0.25) is 15.5 Å². The third kappa shape index (κ3) is 7.96. The van der Waals surface area contributed by atoms with Crippen LogP contribution in [-0.4, -0.2) is 67.8 Å². The van der Waals surface area contributed by atoms with Gasteiger partial charge in [0, 0.05) is 48.8 Å². The van der Waals surface area contributed by atoms with Crippen LogP contribution in [-0.2, 0) is 32.7 Å². The minimum Gasteiger partial charge on any atom is -0.492 e. The fourth-order valence-electron chi connectivity index (χ4n) is 4.31. The summed E-state index contributed by atoms with van der Waals surface area (Å²) in [5.74, 6) is -0.445. The second-order valence-corrected chi connectivity index (χ2v) is 11.2. The monoisotopic (exact) mass is 541 g/mol. The molecule has 0 amide bonds. The number of benzene rings is 2. The molecule has 0 aliphatic carbocycles. The molecule has 1 aliphatic heterocycles. The van der Waals surface area contributed by atoms with Gasteiger partial charge < -0.3 is 9.47 Å². The Morgan fingerprint density at radius 2 is 1.78 bits per heavy atom. The van der Waals surface area contributed by atoms with E-state index in [-0.39, 0.29) is 12.4 Å². The van der Waals surface area contributed by atoms with Gasteiger partial charge in [-0.25, -0.2) is 17.9 Å². The number of nitrogens with two attached hydrogens (primary N) is 1. The number of nitrogens with zero attached hydrogens (tertiary/aromatic N) is 2. The zero-order chi connectivity index (χ0) is 26.5. The predicted molar refractivity (Wildman–Crippen MR) is 137 cm³/mol. The molecule has 1 fully saturated rings. The summed E-state index contributed by atoms with van der Waals surface area (Å²) in [5, 5.41) is 5.53. The van der Waals surface area contributed by atoms with Crippen LogP contribution in [0, 0.1) is 5.82 Å². The molecule has 8 nitrogen and oxygen atoms in total. The van der Waals surface area contributed by atoms with Gasteiger partial charge in [-0.1, -0.05) is 23.7 Å². The molecule has 0 spiro atoms. The number of carbonyl (C=O) groups excluding carboxylic acids is 1. The van der Waals surface area contributed by atoms with E-state index >= 15 is 0 Å². The van der Waals surface area contributed by atoms with Crippen LogP contribution in [0.25, 0.3) is 0 Å². The number of primary sulfonamides is 1. The predicted octanol–water partition coefficient (Wildman–Crippen LogP) is 3.17. The average molecular weight is 542 g/mol. The van der Waals surface area contributed by atoms with E-state index < -0.39 is 21.2 Å². The molecule has 3 atom stereocenters. The van der Waals surface area contributed by atoms with Gasteiger partial charge in [0.05, 0.1) is 6.61 Å². The Labute approximate surface area is 217 Å². The molecule has 198 valence electrons. The molecule has 3 unspecified atom stereocenters. The van der Waals surface area contributed by atoms with Crippen LogP contribution < -0.4 is 9.88 Å². The van der Waals surface area contributed by atoms with Crippen LogP contribution in [0.3, 0.4) is 0 Å². The smallest absolute Gasteiger partial charge is 0.243 e. The van der Waals surface area contributed by atoms with Gasteiger partial charge in [0.1, 0.15) is 18.2 Å². The van der Waals surface area contributed by atoms with E-state index in [4.69, 9.17) is 26.2 Å². The molecule has 0 aromatic heterocycles. The van der Waals surface area contributed by atoms with Crippen molar-refractivity contribution >= 4 is 27.4 Å². The maximum absolute atomic E-state index is 13.2. The van der Waals surface area contributed by atoms with E-state index in [2.05, 4.69) is 23.6 Å². The van der Waals surface area contributed by atoms with E-state index in [9.17, 15) is 17.6 Å². The first-order valence-electron chi connectivity index (χ1n) is 11.7. The third-order valence-corrected chi connectivity index (χ3v) is 7.52. The van der Waals surface area contributed by atoms with Crippen molar-refractivity contribution in [2.75, 3.05) is 26.2 Å². The second kappa shape index (κ2) is 12.4. The number of Topliss-reactive ketones (excluding diaryl/α,β-unsaturated/α-hetero) is 1. The van der Waals surface area contributed by atoms with Crippen molar-refractivity contribution in [2.45, 2.75) is 51.4 Å². The number of ketones is 1. The highest BCUT2D eigenvalue weighted by atomic mass is 35.5. The van der Waals surface area contributed by atoms with Gasteiger partial charge in [-0.15, -0.1) is 0 Å². The van der Waals surface area contributed by atoms with Crippen molar-refractivity contribution < 1.29 is 27.1 Å². The van der Waals surface area contributed by atoms with Gasteiger partial charge in [-0.3, -0.25) is 14.6 Å². The van der Waals surface area contributed by atoms with E-state index in [1.54, 1.807) is 18.2 Å². The number of rotatable bonds is 11. The first-order valence-corrected chi connectivity index (χ1v) is 13.7. The molecular formula is C25H33ClFN3O5S. The number of carbonyl (C=O) groups is 1. The second-order valence-electron chi connectivity index (χ2n) is 9.19. The summed E-state index contributed by atoms with van der Waals surface area (Å²) in [5.41, 5.74) is -0.153. The number of halogens is 2. The molecule has 3 rings (SSSR count). The molecule has 1 aliphatic rings. The third-order valence-electron chi connectivity index (χ3n) is 6.22. The summed E-state index contributed by atoms with van der Waals surface area (Å²) in [6, 6.07) is 12.2. The minimum absolute atomic E-state index is 0.202. The lowest BCUT2D eigenvalue weighted by Gasteiger charge is -2.44. The number of sulfonamides is 1. The molecular weight excluding hydrogens is 509 g/mol. The van der Waals surface area contributed by atoms with Crippen LogP contribution in [0.15, 0.2) is 42.5 Å². The van der Waals surface area contributed by atoms with Gasteiger partial charge in [-0.2, -0.15) is 0 Å². The van der Waals surface area contributed by atoms with Gasteiger partial charge in [0.15, 0.2) is 5.78 Å². The largest absolute Gasteiger partial charge is 0.492 e. The number of ether oxygens (including phenoxy) is 2. The number of hydrogen-bond acceptors (Lipinski definition) is 7. The summed E-state index contributed by atoms with van der Waals surface area (Å²) in [4.78, 5) is 16.4. The highest BCUT2D eigenvalue weighted by Gasteiger charge is 2.29. The summed E-state index contributed by atoms with van der Waals surface area (Å²) in [6.07, 6.45) is 0. The fourth-order valence-corrected chi connectivity index (χ4v) is 5.22. The van der Waals surface area contributed by atoms with Crippen molar-refractivity contribution in [1.29, 1.82) is 0 Å². The van der Waals surface area contributed by atoms with E-state index in [0.717, 1.165) is 32.1 Å². The van der Waals surface area contributed by atoms with Crippen molar-refractivity contribution in [2.24, 2.45) is 5.14 Å². The molecule has 1 saturated heterocycles. The average Bonchev–Trinajstić information content (AvgIpc) is 2.78. The summed E-state index contributed by atoms with van der Waals surface area (Å²) >= 11 is 6.10. The number of piperazine rings is 1. The van der Waals surface area contributed by atoms with Crippen molar-refractivity contribution in [3.05, 3.63) is 64.4 Å². The topological polar surface area (TPSA) is 102 Å². The summed E-state index contributed by atoms with van der Waals surface area (Å²) in [6.45, 7) is 8.83. The summed E-state index contributed by atoms with van der Waals surface area (Å²) < 4.78 is 47.8. The van der Waals surface area contributed by atoms with Gasteiger partial charge in [-0.05, 0) is 56.7 Å². The first kappa shape index (κ1) is 28.5. The standard InChI is InChI=1S/C25H33ClFN3O5S/c1-17-14-30(15-20-4-7-23(27)8-5-20)18(2)13-29(17)10-11-34-24-9-6-22(26)12-21(24)16-35-25(19(3)31)36(28,32)33/h4-9,12,17-18,25H,10-11,13-16H2,1-3H3,(H2,28,32,33). The van der Waals surface area contributed by atoms with Crippen molar-refractivity contribution in [1.82, 2.24) is 9.80 Å². The van der Waals surface area contributed by atoms with Gasteiger partial charge >= 0.3 is 0 Å². The van der Waals surface area contributed by atoms with E-state index in [1.807, 2.05) is 12.1 Å². The van der Waals surface area contributed by atoms with Crippen LogP contribution >= 0.6 is 11.6 Å². The van der Waals surface area contributed by atoms with Crippen LogP contribution in [0.4, 0.5) is 4.39 Å². The molecule has 0 saturated carbocycles. The van der Waals surface area contributed by atoms with Crippen molar-refractivity contribution in [3.63, 3.8) is 0 Å². The number of hydrogen-bond donors (Lipinski definition) is 1. The maximum Gasteiger partial charge on any atom is 0.243 e. The maximum atomic E-state index is 13.2. The van der Waals surface area contributed by atoms with E-state index in [0.29, 0.717) is 41.6 Å². The van der Waals surface area contributed by atoms with Crippen molar-refractivity contribution in [3.8, 4) is 5.75 Å². The Morgan fingerprint density at radius 1 is 1.14 bits per heavy atom. The van der Waals surface area contributed by atoms with Crippen LogP contribution in [0.1, 0.15) is 31.9 Å². The van der Waals surface area contributed by atoms with E-state index in [1.165, 1.54) is 12.1 Å². The molecule has 2 N–H and O–H groups in total. The van der Waals surface area contributed by atoms with Crippen LogP contribution in [0.5, 0.6) is 5.75 Å². The quantitative estimate of drug-likeness (QED) is 0.466. The van der Waals surface area contributed by atoms with Crippen LogP contribution in [0.2, 0.25) is 5.02 Å². The lowest BCUT2D eigenvalue weighted by Crippen LogP contribution is -2.56. The Morgan fingerprint density at radius 3 is 2.42 bits per heavy atom. The Hall–Kier alpha value is -2.08. The highest BCUT2D eigenvalue weighted by Crippen LogP contribution is 2.25. The molecule has 0 radical (unpaired) electrons. The molecule has 2 aromatic rings. The molecule has 2 aromatic carbocycles. The SMILES string of the molecule is CC(=O)C(OCc1cc(Cl)ccc1OCCN1CC(C)N(Cc2ccc(F)cc2)CC1C)S(N)(=O)=O. The Kier molecular flexibility index (Phi) is 9.85. The summed E-state index contributed by atoms with van der Waals surface area (Å²) in [7, 11) is -4.20. The first-order chi connectivity index (χ1) is 16.9. The lowest BCUT2D eigenvalue weighted by molar-refractivity contribution is -0.124. The molecule has 36 heavy (non-hydrogen) atoms. The Bertz CT molecular complexity index is 1150. The molecule has 11 heteroatoms. The lowest BCUT2D eigenvalue weighted by atomic mass is 10.1. The zero-order valence-corrected chi connectivity index (χ0v) is 22.3. The fraction of sp³-hybridized carbons (Fsp3) is 0.480. The minimum atomic E-state index is -4.20. The zero-order valence-electron chi connectivity index (χ0n) is 20.7. The highest BCUT2D eigenvalue weighted by molar-refractivity contribution is 7.90. The molecule has 1 heterocycles. The normalized spacial score (nSPS) is 20.3. The van der Waals surface area contributed by atoms with Gasteiger partial charge in [0.25, 0.3) is 0 Å². The molecule has 0 bridgehead atoms. The Balaban J connectivity index is 1.56.